The Balaban J connectivity index is 1.82. The van der Waals surface area contributed by atoms with Crippen LogP contribution in [0, 0.1) is 5.92 Å². The van der Waals surface area contributed by atoms with Crippen LogP contribution in [0.25, 0.3) is 0 Å². The quantitative estimate of drug-likeness (QED) is 0.851. The maximum atomic E-state index is 5.12. The Morgan fingerprint density at radius 1 is 1.36 bits per heavy atom. The number of hydrogen-bond acceptors (Lipinski definition) is 5. The fraction of sp³-hybridized carbons (Fsp3) is 0.562. The van der Waals surface area contributed by atoms with Gasteiger partial charge < -0.3 is 10.1 Å². The van der Waals surface area contributed by atoms with Crippen LogP contribution in [-0.4, -0.2) is 26.9 Å². The summed E-state index contributed by atoms with van der Waals surface area (Å²) in [5.41, 5.74) is 3.23. The van der Waals surface area contributed by atoms with E-state index >= 15 is 0 Å². The normalized spacial score (nSPS) is 14.5. The Morgan fingerprint density at radius 2 is 2.18 bits per heavy atom. The van der Waals surface area contributed by atoms with Crippen molar-refractivity contribution in [2.75, 3.05) is 12.4 Å². The predicted octanol–water partition coefficient (Wildman–Crippen LogP) is 3.10. The molecule has 0 bridgehead atoms. The zero-order valence-electron chi connectivity index (χ0n) is 13.4. The van der Waals surface area contributed by atoms with Crippen LogP contribution in [0.15, 0.2) is 18.6 Å². The summed E-state index contributed by atoms with van der Waals surface area (Å²) in [5, 5.41) is 7.95. The molecule has 0 unspecified atom stereocenters. The Labute approximate surface area is 130 Å². The van der Waals surface area contributed by atoms with E-state index in [9.17, 15) is 0 Å². The second kappa shape index (κ2) is 6.44. The van der Waals surface area contributed by atoms with Gasteiger partial charge >= 0.3 is 0 Å². The molecule has 118 valence electrons. The molecule has 1 saturated carbocycles. The van der Waals surface area contributed by atoms with Gasteiger partial charge in [-0.05, 0) is 18.8 Å². The molecule has 0 spiro atoms. The van der Waals surface area contributed by atoms with Gasteiger partial charge in [0.15, 0.2) is 0 Å². The first kappa shape index (κ1) is 15.0. The third-order valence-electron chi connectivity index (χ3n) is 3.66. The summed E-state index contributed by atoms with van der Waals surface area (Å²) < 4.78 is 7.26. The van der Waals surface area contributed by atoms with Crippen LogP contribution in [0.4, 0.5) is 11.5 Å². The number of aromatic nitrogens is 4. The molecular weight excluding hydrogens is 278 g/mol. The van der Waals surface area contributed by atoms with Gasteiger partial charge in [-0.3, -0.25) is 4.68 Å². The summed E-state index contributed by atoms with van der Waals surface area (Å²) in [6.45, 7) is 5.87. The minimum Gasteiger partial charge on any atom is -0.378 e. The lowest BCUT2D eigenvalue weighted by molar-refractivity contribution is 0.181. The van der Waals surface area contributed by atoms with Crippen molar-refractivity contribution in [1.29, 1.82) is 0 Å². The molecule has 0 saturated heterocycles. The maximum Gasteiger partial charge on any atom is 0.134 e. The SMILES string of the molecule is COCc1cc(Nc2cnn(CC(C)C)c2C2CC2)ncn1. The zero-order valence-corrected chi connectivity index (χ0v) is 13.4. The van der Waals surface area contributed by atoms with E-state index in [1.807, 2.05) is 12.3 Å². The Hall–Kier alpha value is -1.95. The summed E-state index contributed by atoms with van der Waals surface area (Å²) in [5.74, 6) is 2.00. The van der Waals surface area contributed by atoms with Crippen LogP contribution in [0.2, 0.25) is 0 Å². The summed E-state index contributed by atoms with van der Waals surface area (Å²) in [7, 11) is 1.66. The summed E-state index contributed by atoms with van der Waals surface area (Å²) in [6.07, 6.45) is 5.97. The van der Waals surface area contributed by atoms with Crippen molar-refractivity contribution < 1.29 is 4.74 Å². The van der Waals surface area contributed by atoms with E-state index in [-0.39, 0.29) is 0 Å². The van der Waals surface area contributed by atoms with Crippen molar-refractivity contribution in [2.24, 2.45) is 5.92 Å². The molecule has 1 aliphatic rings. The number of anilines is 2. The molecule has 0 atom stereocenters. The van der Waals surface area contributed by atoms with Gasteiger partial charge in [-0.25, -0.2) is 9.97 Å². The predicted molar refractivity (Wildman–Crippen MR) is 85.1 cm³/mol. The van der Waals surface area contributed by atoms with Crippen LogP contribution in [-0.2, 0) is 17.9 Å². The van der Waals surface area contributed by atoms with Gasteiger partial charge in [-0.15, -0.1) is 0 Å². The molecule has 3 rings (SSSR count). The summed E-state index contributed by atoms with van der Waals surface area (Å²) in [4.78, 5) is 8.48. The third-order valence-corrected chi connectivity index (χ3v) is 3.66. The Kier molecular flexibility index (Phi) is 4.38. The molecule has 0 amide bonds. The highest BCUT2D eigenvalue weighted by Crippen LogP contribution is 2.44. The third kappa shape index (κ3) is 3.44. The van der Waals surface area contributed by atoms with Crippen molar-refractivity contribution in [3.63, 3.8) is 0 Å². The molecular formula is C16H23N5O. The van der Waals surface area contributed by atoms with E-state index in [4.69, 9.17) is 4.74 Å². The van der Waals surface area contributed by atoms with Crippen LogP contribution >= 0.6 is 0 Å². The van der Waals surface area contributed by atoms with Crippen molar-refractivity contribution >= 4 is 11.5 Å². The first-order valence-electron chi connectivity index (χ1n) is 7.80. The maximum absolute atomic E-state index is 5.12. The van der Waals surface area contributed by atoms with Crippen molar-refractivity contribution in [2.45, 2.75) is 45.8 Å². The molecule has 2 aromatic heterocycles. The van der Waals surface area contributed by atoms with Crippen molar-refractivity contribution in [1.82, 2.24) is 19.7 Å². The van der Waals surface area contributed by atoms with E-state index in [2.05, 4.69) is 38.9 Å². The van der Waals surface area contributed by atoms with E-state index in [0.717, 1.165) is 23.7 Å². The van der Waals surface area contributed by atoms with Crippen LogP contribution < -0.4 is 5.32 Å². The van der Waals surface area contributed by atoms with Gasteiger partial charge in [-0.2, -0.15) is 5.10 Å². The van der Waals surface area contributed by atoms with Gasteiger partial charge in [0.05, 0.1) is 29.9 Å². The largest absolute Gasteiger partial charge is 0.378 e. The fourth-order valence-corrected chi connectivity index (χ4v) is 2.60. The van der Waals surface area contributed by atoms with Gasteiger partial charge in [0.25, 0.3) is 0 Å². The van der Waals surface area contributed by atoms with Crippen molar-refractivity contribution in [3.05, 3.63) is 30.0 Å². The van der Waals surface area contributed by atoms with E-state index in [1.165, 1.54) is 18.5 Å². The summed E-state index contributed by atoms with van der Waals surface area (Å²) >= 11 is 0. The van der Waals surface area contributed by atoms with Gasteiger partial charge in [0, 0.05) is 25.6 Å². The molecule has 1 aliphatic carbocycles. The molecule has 6 heteroatoms. The van der Waals surface area contributed by atoms with E-state index in [1.54, 1.807) is 13.4 Å². The van der Waals surface area contributed by atoms with Crippen LogP contribution in [0.3, 0.4) is 0 Å². The van der Waals surface area contributed by atoms with Gasteiger partial charge in [-0.1, -0.05) is 13.8 Å². The number of rotatable bonds is 7. The number of ether oxygens (including phenoxy) is 1. The highest BCUT2D eigenvalue weighted by atomic mass is 16.5. The smallest absolute Gasteiger partial charge is 0.134 e. The molecule has 1 N–H and O–H groups in total. The van der Waals surface area contributed by atoms with Crippen molar-refractivity contribution in [3.8, 4) is 0 Å². The highest BCUT2D eigenvalue weighted by Gasteiger charge is 2.30. The number of methoxy groups -OCH3 is 1. The standard InChI is InChI=1S/C16H23N5O/c1-11(2)8-21-16(12-4-5-12)14(7-19-21)20-15-6-13(9-22-3)17-10-18-15/h6-7,10-12H,4-5,8-9H2,1-3H3,(H,17,18,20). The highest BCUT2D eigenvalue weighted by molar-refractivity contribution is 5.59. The second-order valence-electron chi connectivity index (χ2n) is 6.25. The molecule has 22 heavy (non-hydrogen) atoms. The van der Waals surface area contributed by atoms with Gasteiger partial charge in [0.1, 0.15) is 12.1 Å². The second-order valence-corrected chi connectivity index (χ2v) is 6.25. The molecule has 0 aromatic carbocycles. The van der Waals surface area contributed by atoms with Crippen LogP contribution in [0.5, 0.6) is 0 Å². The lowest BCUT2D eigenvalue weighted by atomic mass is 10.2. The zero-order chi connectivity index (χ0) is 15.5. The number of hydrogen-bond donors (Lipinski definition) is 1. The average Bonchev–Trinajstić information content (AvgIpc) is 3.23. The molecule has 2 heterocycles. The molecule has 0 aliphatic heterocycles. The topological polar surface area (TPSA) is 64.9 Å². The van der Waals surface area contributed by atoms with E-state index in [0.29, 0.717) is 18.4 Å². The Bertz CT molecular complexity index is 633. The lowest BCUT2D eigenvalue weighted by Crippen LogP contribution is -2.10. The minimum atomic E-state index is 0.485. The lowest BCUT2D eigenvalue weighted by Gasteiger charge is -2.12. The number of nitrogens with one attached hydrogen (secondary N) is 1. The van der Waals surface area contributed by atoms with Crippen LogP contribution in [0.1, 0.15) is 44.0 Å². The molecule has 2 aromatic rings. The number of nitrogens with zero attached hydrogens (tertiary/aromatic N) is 4. The first-order valence-corrected chi connectivity index (χ1v) is 7.80. The Morgan fingerprint density at radius 3 is 2.86 bits per heavy atom. The molecule has 6 nitrogen and oxygen atoms in total. The first-order chi connectivity index (χ1) is 10.7. The molecule has 1 fully saturated rings. The molecule has 0 radical (unpaired) electrons. The summed E-state index contributed by atoms with van der Waals surface area (Å²) in [6, 6.07) is 1.92. The van der Waals surface area contributed by atoms with E-state index < -0.39 is 0 Å². The monoisotopic (exact) mass is 301 g/mol. The van der Waals surface area contributed by atoms with Gasteiger partial charge in [0.2, 0.25) is 0 Å². The fourth-order valence-electron chi connectivity index (χ4n) is 2.60. The minimum absolute atomic E-state index is 0.485. The average molecular weight is 301 g/mol.